The maximum absolute atomic E-state index is 12.1. The van der Waals surface area contributed by atoms with Crippen molar-refractivity contribution < 1.29 is 39.0 Å². The lowest BCUT2D eigenvalue weighted by Crippen LogP contribution is -2.57. The van der Waals surface area contributed by atoms with E-state index in [1.807, 2.05) is 5.32 Å². The number of aliphatic carboxylic acids is 2. The zero-order valence-corrected chi connectivity index (χ0v) is 15.6. The predicted octanol–water partition coefficient (Wildman–Crippen LogP) is -3.85. The van der Waals surface area contributed by atoms with Gasteiger partial charge in [-0.3, -0.25) is 24.0 Å². The lowest BCUT2D eigenvalue weighted by Gasteiger charge is -2.21. The molecule has 3 atom stereocenters. The van der Waals surface area contributed by atoms with Gasteiger partial charge in [0.2, 0.25) is 23.6 Å². The number of carbonyl (C=O) groups excluding carboxylic acids is 4. The number of amides is 4. The third kappa shape index (κ3) is 10.3. The van der Waals surface area contributed by atoms with Crippen molar-refractivity contribution in [2.45, 2.75) is 37.4 Å². The molecule has 14 heteroatoms. The SMILES string of the molecule is NC(=O)CCC(=O)NC[C@H](N)C(=O)N[C@@H](CC(=O)O)C(=O)N[C@@H](CS)C(=O)O. The third-order valence-corrected chi connectivity index (χ3v) is 3.63. The smallest absolute Gasteiger partial charge is 0.327 e. The molecule has 0 bridgehead atoms. The maximum Gasteiger partial charge on any atom is 0.327 e. The van der Waals surface area contributed by atoms with Crippen LogP contribution in [0.25, 0.3) is 0 Å². The second kappa shape index (κ2) is 12.5. The van der Waals surface area contributed by atoms with Crippen LogP contribution in [0, 0.1) is 0 Å². The molecule has 158 valence electrons. The molecule has 9 N–H and O–H groups in total. The Bertz CT molecular complexity index is 629. The van der Waals surface area contributed by atoms with Gasteiger partial charge in [0.05, 0.1) is 6.42 Å². The second-order valence-corrected chi connectivity index (χ2v) is 5.98. The highest BCUT2D eigenvalue weighted by Crippen LogP contribution is 1.98. The van der Waals surface area contributed by atoms with Gasteiger partial charge in [-0.15, -0.1) is 0 Å². The summed E-state index contributed by atoms with van der Waals surface area (Å²) in [5.74, 6) is -6.33. The van der Waals surface area contributed by atoms with Gasteiger partial charge in [-0.2, -0.15) is 12.6 Å². The summed E-state index contributed by atoms with van der Waals surface area (Å²) in [7, 11) is 0. The molecule has 0 aromatic heterocycles. The van der Waals surface area contributed by atoms with Crippen LogP contribution in [-0.4, -0.2) is 76.2 Å². The molecule has 0 fully saturated rings. The molecule has 0 rings (SSSR count). The quantitative estimate of drug-likeness (QED) is 0.136. The molecule has 0 unspecified atom stereocenters. The minimum Gasteiger partial charge on any atom is -0.481 e. The highest BCUT2D eigenvalue weighted by molar-refractivity contribution is 7.80. The summed E-state index contributed by atoms with van der Waals surface area (Å²) in [6.45, 7) is -0.348. The Hall–Kier alpha value is -2.87. The third-order valence-electron chi connectivity index (χ3n) is 3.26. The van der Waals surface area contributed by atoms with Gasteiger partial charge in [0, 0.05) is 25.1 Å². The Morgan fingerprint density at radius 2 is 1.50 bits per heavy atom. The minimum atomic E-state index is -1.59. The summed E-state index contributed by atoms with van der Waals surface area (Å²) in [6.07, 6.45) is -1.22. The first kappa shape index (κ1) is 25.1. The molecule has 0 aliphatic rings. The van der Waals surface area contributed by atoms with Crippen LogP contribution in [0.3, 0.4) is 0 Å². The topological polar surface area (TPSA) is 231 Å². The van der Waals surface area contributed by atoms with Gasteiger partial charge in [0.1, 0.15) is 18.1 Å². The predicted molar refractivity (Wildman–Crippen MR) is 97.0 cm³/mol. The molecule has 0 saturated heterocycles. The Morgan fingerprint density at radius 3 is 1.96 bits per heavy atom. The van der Waals surface area contributed by atoms with Crippen molar-refractivity contribution in [1.82, 2.24) is 16.0 Å². The number of carboxylic acids is 2. The number of carbonyl (C=O) groups is 6. The molecule has 0 aliphatic carbocycles. The molecule has 28 heavy (non-hydrogen) atoms. The largest absolute Gasteiger partial charge is 0.481 e. The van der Waals surface area contributed by atoms with E-state index in [1.54, 1.807) is 0 Å². The van der Waals surface area contributed by atoms with E-state index in [2.05, 4.69) is 23.3 Å². The molecule has 0 radical (unpaired) electrons. The lowest BCUT2D eigenvalue weighted by molar-refractivity contribution is -0.143. The fraction of sp³-hybridized carbons (Fsp3) is 0.571. The van der Waals surface area contributed by atoms with Crippen molar-refractivity contribution in [3.63, 3.8) is 0 Å². The average Bonchev–Trinajstić information content (AvgIpc) is 2.60. The monoisotopic (exact) mass is 421 g/mol. The molecular formula is C14H23N5O8S. The molecule has 13 nitrogen and oxygen atoms in total. The Labute approximate surface area is 165 Å². The Morgan fingerprint density at radius 1 is 0.929 bits per heavy atom. The average molecular weight is 421 g/mol. The number of thiol groups is 1. The molecule has 0 spiro atoms. The van der Waals surface area contributed by atoms with Crippen molar-refractivity contribution in [2.24, 2.45) is 11.5 Å². The summed E-state index contributed by atoms with van der Waals surface area (Å²) in [5.41, 5.74) is 10.5. The van der Waals surface area contributed by atoms with E-state index < -0.39 is 60.1 Å². The number of nitrogens with two attached hydrogens (primary N) is 2. The normalized spacial score (nSPS) is 13.5. The van der Waals surface area contributed by atoms with Crippen LogP contribution < -0.4 is 27.4 Å². The highest BCUT2D eigenvalue weighted by atomic mass is 32.1. The number of carboxylic acid groups (broad SMARTS) is 2. The van der Waals surface area contributed by atoms with Gasteiger partial charge in [-0.05, 0) is 0 Å². The number of primary amides is 1. The summed E-state index contributed by atoms with van der Waals surface area (Å²) >= 11 is 3.76. The fourth-order valence-electron chi connectivity index (χ4n) is 1.76. The van der Waals surface area contributed by atoms with Gasteiger partial charge in [0.25, 0.3) is 0 Å². The van der Waals surface area contributed by atoms with Crippen LogP contribution >= 0.6 is 12.6 Å². The van der Waals surface area contributed by atoms with E-state index in [-0.39, 0.29) is 25.1 Å². The summed E-state index contributed by atoms with van der Waals surface area (Å²) in [6, 6.07) is -4.31. The van der Waals surface area contributed by atoms with E-state index in [4.69, 9.17) is 21.7 Å². The summed E-state index contributed by atoms with van der Waals surface area (Å²) in [4.78, 5) is 68.0. The zero-order valence-electron chi connectivity index (χ0n) is 14.7. The first-order valence-electron chi connectivity index (χ1n) is 7.94. The first-order valence-corrected chi connectivity index (χ1v) is 8.57. The van der Waals surface area contributed by atoms with Gasteiger partial charge in [-0.1, -0.05) is 0 Å². The highest BCUT2D eigenvalue weighted by Gasteiger charge is 2.29. The van der Waals surface area contributed by atoms with Gasteiger partial charge in [-0.25, -0.2) is 4.79 Å². The van der Waals surface area contributed by atoms with Crippen LogP contribution in [0.2, 0.25) is 0 Å². The Kier molecular flexibility index (Phi) is 11.2. The summed E-state index contributed by atoms with van der Waals surface area (Å²) in [5, 5.41) is 24.2. The van der Waals surface area contributed by atoms with Crippen molar-refractivity contribution in [1.29, 1.82) is 0 Å². The summed E-state index contributed by atoms with van der Waals surface area (Å²) < 4.78 is 0. The van der Waals surface area contributed by atoms with Crippen molar-refractivity contribution in [3.8, 4) is 0 Å². The molecule has 0 heterocycles. The standard InChI is InChI=1S/C14H23N5O8S/c15-6(4-17-10(21)2-1-9(16)20)12(24)18-7(3-11(22)23)13(25)19-8(5-28)14(26)27/h6-8,28H,1-5,15H2,(H2,16,20)(H,17,21)(H,18,24)(H,19,25)(H,22,23)(H,26,27)/t6-,7-,8-/m0/s1. The van der Waals surface area contributed by atoms with Crippen molar-refractivity contribution in [3.05, 3.63) is 0 Å². The van der Waals surface area contributed by atoms with Gasteiger partial charge in [0.15, 0.2) is 0 Å². The zero-order chi connectivity index (χ0) is 21.9. The second-order valence-electron chi connectivity index (χ2n) is 5.62. The van der Waals surface area contributed by atoms with E-state index >= 15 is 0 Å². The molecule has 0 aromatic carbocycles. The number of rotatable bonds is 13. The van der Waals surface area contributed by atoms with Gasteiger partial charge < -0.3 is 37.6 Å². The molecule has 0 aromatic rings. The van der Waals surface area contributed by atoms with E-state index in [9.17, 15) is 28.8 Å². The first-order chi connectivity index (χ1) is 13.0. The van der Waals surface area contributed by atoms with Gasteiger partial charge >= 0.3 is 11.9 Å². The molecule has 0 aliphatic heterocycles. The van der Waals surface area contributed by atoms with Crippen molar-refractivity contribution >= 4 is 48.2 Å². The van der Waals surface area contributed by atoms with Crippen LogP contribution in [0.4, 0.5) is 0 Å². The Balaban J connectivity index is 4.80. The molecule has 0 saturated carbocycles. The van der Waals surface area contributed by atoms with Crippen LogP contribution in [0.5, 0.6) is 0 Å². The number of nitrogens with one attached hydrogen (secondary N) is 3. The van der Waals surface area contributed by atoms with E-state index in [0.717, 1.165) is 0 Å². The van der Waals surface area contributed by atoms with E-state index in [0.29, 0.717) is 0 Å². The number of hydrogen-bond acceptors (Lipinski definition) is 8. The number of hydrogen-bond donors (Lipinski definition) is 8. The van der Waals surface area contributed by atoms with Crippen LogP contribution in [0.15, 0.2) is 0 Å². The van der Waals surface area contributed by atoms with Crippen molar-refractivity contribution in [2.75, 3.05) is 12.3 Å². The van der Waals surface area contributed by atoms with E-state index in [1.165, 1.54) is 0 Å². The fourth-order valence-corrected chi connectivity index (χ4v) is 2.01. The maximum atomic E-state index is 12.1. The molecular weight excluding hydrogens is 398 g/mol. The minimum absolute atomic E-state index is 0.190. The lowest BCUT2D eigenvalue weighted by atomic mass is 10.1. The molecule has 4 amide bonds. The van der Waals surface area contributed by atoms with Crippen LogP contribution in [-0.2, 0) is 28.8 Å². The van der Waals surface area contributed by atoms with Crippen LogP contribution in [0.1, 0.15) is 19.3 Å².